The Morgan fingerprint density at radius 3 is 3.14 bits per heavy atom. The molecule has 1 aliphatic heterocycles. The molecule has 0 spiro atoms. The second-order valence-electron chi connectivity index (χ2n) is 5.39. The van der Waals surface area contributed by atoms with Crippen molar-refractivity contribution in [3.8, 4) is 11.3 Å². The first kappa shape index (κ1) is 15.1. The van der Waals surface area contributed by atoms with E-state index >= 15 is 0 Å². The van der Waals surface area contributed by atoms with Crippen LogP contribution in [0.25, 0.3) is 11.3 Å². The van der Waals surface area contributed by atoms with Gasteiger partial charge in [0, 0.05) is 42.7 Å². The first-order valence-electron chi connectivity index (χ1n) is 7.04. The quantitative estimate of drug-likeness (QED) is 0.855. The summed E-state index contributed by atoms with van der Waals surface area (Å²) in [7, 11) is 3.77. The normalized spacial score (nSPS) is 18.5. The third kappa shape index (κ3) is 3.15. The second-order valence-corrected chi connectivity index (χ2v) is 6.39. The Morgan fingerprint density at radius 1 is 1.59 bits per heavy atom. The number of hydrogen-bond acceptors (Lipinski definition) is 6. The number of carbonyl (C=O) groups excluding carboxylic acids is 1. The van der Waals surface area contributed by atoms with Crippen LogP contribution in [0.5, 0.6) is 0 Å². The fourth-order valence-corrected chi connectivity index (χ4v) is 3.58. The molecular weight excluding hydrogens is 300 g/mol. The Hall–Kier alpha value is -1.86. The van der Waals surface area contributed by atoms with Gasteiger partial charge in [0.2, 0.25) is 5.91 Å². The highest BCUT2D eigenvalue weighted by Gasteiger charge is 2.30. The maximum absolute atomic E-state index is 12.4. The number of hydrogen-bond donors (Lipinski definition) is 0. The van der Waals surface area contributed by atoms with Crippen molar-refractivity contribution in [3.63, 3.8) is 0 Å². The van der Waals surface area contributed by atoms with Crippen LogP contribution in [0.3, 0.4) is 0 Å². The van der Waals surface area contributed by atoms with Gasteiger partial charge in [0.1, 0.15) is 5.69 Å². The Labute approximate surface area is 133 Å². The van der Waals surface area contributed by atoms with Crippen LogP contribution >= 0.6 is 11.8 Å². The molecule has 2 aromatic heterocycles. The minimum Gasteiger partial charge on any atom is -0.359 e. The molecule has 6 nitrogen and oxygen atoms in total. The van der Waals surface area contributed by atoms with Gasteiger partial charge in [0.25, 0.3) is 0 Å². The lowest BCUT2D eigenvalue weighted by atomic mass is 10.2. The van der Waals surface area contributed by atoms with Gasteiger partial charge < -0.3 is 9.42 Å². The van der Waals surface area contributed by atoms with Crippen molar-refractivity contribution in [1.29, 1.82) is 0 Å². The van der Waals surface area contributed by atoms with Gasteiger partial charge in [-0.1, -0.05) is 5.16 Å². The third-order valence-corrected chi connectivity index (χ3v) is 4.81. The average Bonchev–Trinajstić information content (AvgIpc) is 3.16. The van der Waals surface area contributed by atoms with Gasteiger partial charge >= 0.3 is 0 Å². The summed E-state index contributed by atoms with van der Waals surface area (Å²) in [6.07, 6.45) is 3.45. The van der Waals surface area contributed by atoms with Crippen molar-refractivity contribution in [3.05, 3.63) is 36.4 Å². The molecule has 3 heterocycles. The number of thioether (sulfide) groups is 1. The van der Waals surface area contributed by atoms with Gasteiger partial charge in [-0.15, -0.1) is 11.8 Å². The van der Waals surface area contributed by atoms with E-state index in [9.17, 15) is 4.79 Å². The Bertz CT molecular complexity index is 646. The van der Waals surface area contributed by atoms with Crippen molar-refractivity contribution in [2.24, 2.45) is 0 Å². The van der Waals surface area contributed by atoms with E-state index in [2.05, 4.69) is 15.0 Å². The highest BCUT2D eigenvalue weighted by atomic mass is 32.2. The topological polar surface area (TPSA) is 62.5 Å². The molecule has 1 fully saturated rings. The zero-order chi connectivity index (χ0) is 15.5. The van der Waals surface area contributed by atoms with Gasteiger partial charge in [-0.25, -0.2) is 0 Å². The molecule has 22 heavy (non-hydrogen) atoms. The molecule has 1 amide bonds. The van der Waals surface area contributed by atoms with E-state index < -0.39 is 0 Å². The number of rotatable bonds is 4. The molecule has 3 rings (SSSR count). The fourth-order valence-electron chi connectivity index (χ4n) is 2.39. The van der Waals surface area contributed by atoms with Crippen LogP contribution < -0.4 is 0 Å². The van der Waals surface area contributed by atoms with Crippen LogP contribution in [0.1, 0.15) is 5.76 Å². The molecule has 2 aromatic rings. The second kappa shape index (κ2) is 6.50. The largest absolute Gasteiger partial charge is 0.359 e. The van der Waals surface area contributed by atoms with E-state index in [1.165, 1.54) is 0 Å². The van der Waals surface area contributed by atoms with Crippen molar-refractivity contribution in [1.82, 2.24) is 19.9 Å². The molecule has 0 radical (unpaired) electrons. The summed E-state index contributed by atoms with van der Waals surface area (Å²) in [5.74, 6) is 2.53. The van der Waals surface area contributed by atoms with E-state index in [4.69, 9.17) is 4.52 Å². The van der Waals surface area contributed by atoms with Crippen LogP contribution in [0, 0.1) is 0 Å². The van der Waals surface area contributed by atoms with E-state index in [-0.39, 0.29) is 11.9 Å². The van der Waals surface area contributed by atoms with Crippen LogP contribution in [0.15, 0.2) is 35.1 Å². The van der Waals surface area contributed by atoms with Crippen LogP contribution in [0.2, 0.25) is 0 Å². The number of nitrogens with zero attached hydrogens (tertiary/aromatic N) is 4. The average molecular weight is 318 g/mol. The molecule has 0 aliphatic carbocycles. The highest BCUT2D eigenvalue weighted by molar-refractivity contribution is 7.99. The number of carbonyl (C=O) groups is 1. The minimum atomic E-state index is -0.0456. The maximum Gasteiger partial charge on any atom is 0.240 e. The van der Waals surface area contributed by atoms with Gasteiger partial charge in [0.15, 0.2) is 5.76 Å². The van der Waals surface area contributed by atoms with Gasteiger partial charge in [-0.05, 0) is 19.2 Å². The van der Waals surface area contributed by atoms with E-state index in [0.29, 0.717) is 12.3 Å². The predicted octanol–water partition coefficient (Wildman–Crippen LogP) is 1.70. The molecule has 1 saturated heterocycles. The highest BCUT2D eigenvalue weighted by Crippen LogP contribution is 2.22. The summed E-state index contributed by atoms with van der Waals surface area (Å²) in [6, 6.07) is 5.59. The van der Waals surface area contributed by atoms with Crippen molar-refractivity contribution >= 4 is 17.7 Å². The zero-order valence-corrected chi connectivity index (χ0v) is 13.4. The molecule has 116 valence electrons. The lowest BCUT2D eigenvalue weighted by Crippen LogP contribution is -2.43. The van der Waals surface area contributed by atoms with Crippen molar-refractivity contribution < 1.29 is 9.32 Å². The molecule has 1 aliphatic rings. The van der Waals surface area contributed by atoms with Crippen LogP contribution in [-0.2, 0) is 11.3 Å². The molecule has 0 saturated carbocycles. The summed E-state index contributed by atoms with van der Waals surface area (Å²) in [5.41, 5.74) is 1.64. The zero-order valence-electron chi connectivity index (χ0n) is 12.6. The summed E-state index contributed by atoms with van der Waals surface area (Å²) in [4.78, 5) is 20.3. The number of likely N-dealkylation sites (N-methyl/N-ethyl adjacent to an activating group) is 2. The Balaban J connectivity index is 1.66. The molecule has 0 aromatic carbocycles. The lowest BCUT2D eigenvalue weighted by Gasteiger charge is -2.23. The van der Waals surface area contributed by atoms with E-state index in [1.54, 1.807) is 36.1 Å². The van der Waals surface area contributed by atoms with Crippen LogP contribution in [0.4, 0.5) is 0 Å². The summed E-state index contributed by atoms with van der Waals surface area (Å²) < 4.78 is 5.34. The van der Waals surface area contributed by atoms with Crippen molar-refractivity contribution in [2.45, 2.75) is 12.6 Å². The third-order valence-electron chi connectivity index (χ3n) is 3.67. The minimum absolute atomic E-state index is 0.0456. The molecular formula is C15H18N4O2S. The summed E-state index contributed by atoms with van der Waals surface area (Å²) >= 11 is 1.78. The molecule has 0 bridgehead atoms. The first-order valence-corrected chi connectivity index (χ1v) is 8.19. The predicted molar refractivity (Wildman–Crippen MR) is 85.1 cm³/mol. The smallest absolute Gasteiger partial charge is 0.240 e. The number of aromatic nitrogens is 2. The lowest BCUT2D eigenvalue weighted by molar-refractivity contribution is -0.134. The number of amides is 1. The Morgan fingerprint density at radius 2 is 2.45 bits per heavy atom. The Kier molecular flexibility index (Phi) is 4.44. The number of pyridine rings is 1. The SMILES string of the molecule is CN(Cc1cc(-c2cccnc2)no1)C(=O)[C@@H]1CSCN1C. The molecule has 1 atom stereocenters. The summed E-state index contributed by atoms with van der Waals surface area (Å²) in [6.45, 7) is 0.418. The standard InChI is InChI=1S/C15H18N4O2S/c1-18(15(20)14-9-22-10-19(14)2)8-12-6-13(17-21-12)11-4-3-5-16-7-11/h3-7,14H,8-10H2,1-2H3/t14-/m0/s1. The van der Waals surface area contributed by atoms with Crippen LogP contribution in [-0.4, -0.2) is 57.6 Å². The maximum atomic E-state index is 12.4. The fraction of sp³-hybridized carbons (Fsp3) is 0.400. The first-order chi connectivity index (χ1) is 10.6. The van der Waals surface area contributed by atoms with E-state index in [0.717, 1.165) is 22.9 Å². The molecule has 7 heteroatoms. The van der Waals surface area contributed by atoms with Gasteiger partial charge in [-0.3, -0.25) is 14.7 Å². The van der Waals surface area contributed by atoms with Gasteiger partial charge in [-0.2, -0.15) is 0 Å². The van der Waals surface area contributed by atoms with Crippen molar-refractivity contribution in [2.75, 3.05) is 25.7 Å². The molecule has 0 N–H and O–H groups in total. The summed E-state index contributed by atoms with van der Waals surface area (Å²) in [5, 5.41) is 4.04. The monoisotopic (exact) mass is 318 g/mol. The van der Waals surface area contributed by atoms with Gasteiger partial charge in [0.05, 0.1) is 12.6 Å². The molecule has 0 unspecified atom stereocenters. The van der Waals surface area contributed by atoms with E-state index in [1.807, 2.05) is 25.2 Å².